The van der Waals surface area contributed by atoms with Gasteiger partial charge in [-0.05, 0) is 18.4 Å². The van der Waals surface area contributed by atoms with Gasteiger partial charge in [-0.15, -0.1) is 0 Å². The fourth-order valence-corrected chi connectivity index (χ4v) is 3.52. The summed E-state index contributed by atoms with van der Waals surface area (Å²) in [5.74, 6) is -0.185. The van der Waals surface area contributed by atoms with Gasteiger partial charge in [0.25, 0.3) is 0 Å². The highest BCUT2D eigenvalue weighted by Crippen LogP contribution is 2.26. The molecule has 0 heterocycles. The second kappa shape index (κ2) is 6.04. The molecule has 0 saturated heterocycles. The van der Waals surface area contributed by atoms with E-state index in [9.17, 15) is 12.8 Å². The molecule has 0 aliphatic rings. The fourth-order valence-electron chi connectivity index (χ4n) is 1.22. The standard InChI is InChI=1S/C10H13ClFNO2S2/c1-13(6-7-16-2)17(14,15)10-8(11)4-3-5-9(10)12/h3-5H,6-7H2,1-2H3. The highest BCUT2D eigenvalue weighted by molar-refractivity contribution is 7.98. The number of rotatable bonds is 5. The fraction of sp³-hybridized carbons (Fsp3) is 0.400. The smallest absolute Gasteiger partial charge is 0.207 e. The van der Waals surface area contributed by atoms with Crippen molar-refractivity contribution in [3.05, 3.63) is 29.0 Å². The number of hydrogen-bond acceptors (Lipinski definition) is 3. The van der Waals surface area contributed by atoms with Crippen molar-refractivity contribution in [3.63, 3.8) is 0 Å². The molecule has 0 amide bonds. The third kappa shape index (κ3) is 3.34. The molecule has 1 rings (SSSR count). The summed E-state index contributed by atoms with van der Waals surface area (Å²) >= 11 is 7.26. The zero-order valence-electron chi connectivity index (χ0n) is 9.48. The Morgan fingerprint density at radius 3 is 2.65 bits per heavy atom. The average Bonchev–Trinajstić information content (AvgIpc) is 2.25. The van der Waals surface area contributed by atoms with E-state index in [4.69, 9.17) is 11.6 Å². The molecule has 0 aliphatic heterocycles. The minimum Gasteiger partial charge on any atom is -0.207 e. The highest BCUT2D eigenvalue weighted by atomic mass is 35.5. The van der Waals surface area contributed by atoms with Crippen LogP contribution in [0, 0.1) is 5.82 Å². The third-order valence-corrected chi connectivity index (χ3v) is 5.15. The Hall–Kier alpha value is -0.300. The highest BCUT2D eigenvalue weighted by Gasteiger charge is 2.26. The molecule has 0 radical (unpaired) electrons. The molecule has 3 nitrogen and oxygen atoms in total. The number of nitrogens with zero attached hydrogens (tertiary/aromatic N) is 1. The number of hydrogen-bond donors (Lipinski definition) is 0. The average molecular weight is 298 g/mol. The predicted molar refractivity (Wildman–Crippen MR) is 69.6 cm³/mol. The summed E-state index contributed by atoms with van der Waals surface area (Å²) in [6.07, 6.45) is 1.87. The Kier molecular flexibility index (Phi) is 5.24. The molecule has 1 aromatic carbocycles. The van der Waals surface area contributed by atoms with Crippen LogP contribution in [-0.4, -0.2) is 38.3 Å². The first-order chi connectivity index (χ1) is 7.91. The number of benzene rings is 1. The molecule has 1 aromatic rings. The van der Waals surface area contributed by atoms with Crippen LogP contribution in [0.1, 0.15) is 0 Å². The van der Waals surface area contributed by atoms with Gasteiger partial charge in [-0.1, -0.05) is 17.7 Å². The zero-order chi connectivity index (χ0) is 13.1. The second-order valence-electron chi connectivity index (χ2n) is 3.37. The Labute approximate surface area is 110 Å². The Bertz CT molecular complexity index is 473. The van der Waals surface area contributed by atoms with Gasteiger partial charge in [-0.2, -0.15) is 16.1 Å². The molecule has 0 atom stereocenters. The van der Waals surface area contributed by atoms with Crippen LogP contribution in [0.5, 0.6) is 0 Å². The van der Waals surface area contributed by atoms with Gasteiger partial charge in [0.1, 0.15) is 10.7 Å². The summed E-state index contributed by atoms with van der Waals surface area (Å²) in [5, 5.41) is -0.0963. The molecule has 0 aliphatic carbocycles. The van der Waals surface area contributed by atoms with Crippen LogP contribution in [0.25, 0.3) is 0 Å². The van der Waals surface area contributed by atoms with Crippen LogP contribution in [0.15, 0.2) is 23.1 Å². The largest absolute Gasteiger partial charge is 0.247 e. The molecular weight excluding hydrogens is 285 g/mol. The van der Waals surface area contributed by atoms with E-state index in [-0.39, 0.29) is 5.02 Å². The van der Waals surface area contributed by atoms with Crippen molar-refractivity contribution in [1.29, 1.82) is 0 Å². The molecule has 0 fully saturated rings. The molecular formula is C10H13ClFNO2S2. The van der Waals surface area contributed by atoms with Crippen LogP contribution in [-0.2, 0) is 10.0 Å². The van der Waals surface area contributed by atoms with Gasteiger partial charge in [0, 0.05) is 19.3 Å². The van der Waals surface area contributed by atoms with Crippen molar-refractivity contribution in [2.75, 3.05) is 25.6 Å². The van der Waals surface area contributed by atoms with Crippen molar-refractivity contribution in [2.24, 2.45) is 0 Å². The molecule has 0 unspecified atom stereocenters. The molecule has 96 valence electrons. The van der Waals surface area contributed by atoms with Gasteiger partial charge < -0.3 is 0 Å². The maximum Gasteiger partial charge on any atom is 0.247 e. The first-order valence-electron chi connectivity index (χ1n) is 4.80. The quantitative estimate of drug-likeness (QED) is 0.838. The van der Waals surface area contributed by atoms with Crippen molar-refractivity contribution < 1.29 is 12.8 Å². The van der Waals surface area contributed by atoms with E-state index in [2.05, 4.69) is 0 Å². The molecule has 0 bridgehead atoms. The monoisotopic (exact) mass is 297 g/mol. The minimum atomic E-state index is -3.86. The van der Waals surface area contributed by atoms with Crippen molar-refractivity contribution in [3.8, 4) is 0 Å². The summed E-state index contributed by atoms with van der Waals surface area (Å²) in [4.78, 5) is -0.453. The number of sulfonamides is 1. The first-order valence-corrected chi connectivity index (χ1v) is 8.01. The van der Waals surface area contributed by atoms with Gasteiger partial charge in [0.2, 0.25) is 10.0 Å². The lowest BCUT2D eigenvalue weighted by molar-refractivity contribution is 0.480. The van der Waals surface area contributed by atoms with Crippen molar-refractivity contribution >= 4 is 33.4 Å². The Balaban J connectivity index is 3.13. The SMILES string of the molecule is CSCCN(C)S(=O)(=O)c1c(F)cccc1Cl. The molecule has 7 heteroatoms. The summed E-state index contributed by atoms with van der Waals surface area (Å²) in [6.45, 7) is 0.314. The Morgan fingerprint density at radius 1 is 1.47 bits per heavy atom. The summed E-state index contributed by atoms with van der Waals surface area (Å²) in [6, 6.07) is 3.82. The van der Waals surface area contributed by atoms with E-state index in [1.807, 2.05) is 6.26 Å². The van der Waals surface area contributed by atoms with Gasteiger partial charge >= 0.3 is 0 Å². The lowest BCUT2D eigenvalue weighted by atomic mass is 10.3. The van der Waals surface area contributed by atoms with Gasteiger partial charge in [-0.25, -0.2) is 12.8 Å². The van der Waals surface area contributed by atoms with E-state index >= 15 is 0 Å². The van der Waals surface area contributed by atoms with E-state index in [1.54, 1.807) is 0 Å². The second-order valence-corrected chi connectivity index (χ2v) is 6.74. The van der Waals surface area contributed by atoms with Crippen LogP contribution in [0.4, 0.5) is 4.39 Å². The predicted octanol–water partition coefficient (Wildman–Crippen LogP) is 2.46. The van der Waals surface area contributed by atoms with Crippen LogP contribution in [0.3, 0.4) is 0 Å². The number of halogens is 2. The summed E-state index contributed by atoms with van der Waals surface area (Å²) < 4.78 is 38.8. The van der Waals surface area contributed by atoms with E-state index in [0.29, 0.717) is 12.3 Å². The molecule has 0 N–H and O–H groups in total. The van der Waals surface area contributed by atoms with Crippen LogP contribution in [0.2, 0.25) is 5.02 Å². The third-order valence-electron chi connectivity index (χ3n) is 2.20. The zero-order valence-corrected chi connectivity index (χ0v) is 11.9. The van der Waals surface area contributed by atoms with Crippen LogP contribution < -0.4 is 0 Å². The molecule has 17 heavy (non-hydrogen) atoms. The summed E-state index contributed by atoms with van der Waals surface area (Å²) in [7, 11) is -2.45. The molecule has 0 saturated carbocycles. The van der Waals surface area contributed by atoms with Crippen LogP contribution >= 0.6 is 23.4 Å². The molecule has 0 spiro atoms. The van der Waals surface area contributed by atoms with Crippen molar-refractivity contribution in [2.45, 2.75) is 4.90 Å². The van der Waals surface area contributed by atoms with Gasteiger partial charge in [0.05, 0.1) is 5.02 Å². The minimum absolute atomic E-state index is 0.0963. The Morgan fingerprint density at radius 2 is 2.12 bits per heavy atom. The van der Waals surface area contributed by atoms with Gasteiger partial charge in [-0.3, -0.25) is 0 Å². The maximum absolute atomic E-state index is 13.5. The van der Waals surface area contributed by atoms with E-state index in [1.165, 1.54) is 30.9 Å². The van der Waals surface area contributed by atoms with E-state index < -0.39 is 20.7 Å². The number of thioether (sulfide) groups is 1. The lowest BCUT2D eigenvalue weighted by Crippen LogP contribution is -2.30. The maximum atomic E-state index is 13.5. The first kappa shape index (κ1) is 14.8. The normalized spacial score (nSPS) is 12.1. The summed E-state index contributed by atoms with van der Waals surface area (Å²) in [5.41, 5.74) is 0. The molecule has 0 aromatic heterocycles. The van der Waals surface area contributed by atoms with Crippen molar-refractivity contribution in [1.82, 2.24) is 4.31 Å². The topological polar surface area (TPSA) is 37.4 Å². The van der Waals surface area contributed by atoms with E-state index in [0.717, 1.165) is 10.4 Å². The van der Waals surface area contributed by atoms with Gasteiger partial charge in [0.15, 0.2) is 0 Å². The lowest BCUT2D eigenvalue weighted by Gasteiger charge is -2.17.